The quantitative estimate of drug-likeness (QED) is 0.796. The maximum atomic E-state index is 6.00. The summed E-state index contributed by atoms with van der Waals surface area (Å²) in [7, 11) is 1.70. The molecule has 2 rings (SSSR count). The minimum Gasteiger partial charge on any atom is -0.486 e. The molecular formula is C11H12BrClO2. The van der Waals surface area contributed by atoms with E-state index in [0.717, 1.165) is 12.2 Å². The predicted molar refractivity (Wildman–Crippen MR) is 64.0 cm³/mol. The molecule has 3 atom stereocenters. The van der Waals surface area contributed by atoms with Crippen LogP contribution >= 0.6 is 27.5 Å². The van der Waals surface area contributed by atoms with Crippen molar-refractivity contribution in [2.24, 2.45) is 0 Å². The molecule has 1 saturated carbocycles. The number of alkyl halides is 1. The van der Waals surface area contributed by atoms with Gasteiger partial charge < -0.3 is 9.47 Å². The Hall–Kier alpha value is -0.250. The maximum Gasteiger partial charge on any atom is 0.138 e. The van der Waals surface area contributed by atoms with Crippen molar-refractivity contribution in [3.05, 3.63) is 29.3 Å². The van der Waals surface area contributed by atoms with E-state index in [2.05, 4.69) is 15.9 Å². The van der Waals surface area contributed by atoms with Gasteiger partial charge in [0.15, 0.2) is 0 Å². The fraction of sp³-hybridized carbons (Fsp3) is 0.455. The predicted octanol–water partition coefficient (Wildman–Crippen LogP) is 3.27. The van der Waals surface area contributed by atoms with Crippen molar-refractivity contribution in [2.75, 3.05) is 7.11 Å². The Morgan fingerprint density at radius 2 is 2.13 bits per heavy atom. The van der Waals surface area contributed by atoms with Crippen LogP contribution in [-0.2, 0) is 4.74 Å². The molecule has 1 aromatic rings. The number of hydrogen-bond acceptors (Lipinski definition) is 2. The van der Waals surface area contributed by atoms with Crippen LogP contribution in [0.5, 0.6) is 5.75 Å². The summed E-state index contributed by atoms with van der Waals surface area (Å²) in [6.45, 7) is 0. The van der Waals surface area contributed by atoms with Crippen LogP contribution in [0.2, 0.25) is 5.02 Å². The van der Waals surface area contributed by atoms with Crippen LogP contribution < -0.4 is 4.74 Å². The Morgan fingerprint density at radius 1 is 1.40 bits per heavy atom. The van der Waals surface area contributed by atoms with Crippen LogP contribution in [0.4, 0.5) is 0 Å². The molecule has 0 spiro atoms. The normalized spacial score (nSPS) is 29.7. The van der Waals surface area contributed by atoms with E-state index < -0.39 is 0 Å². The first-order chi connectivity index (χ1) is 7.22. The Morgan fingerprint density at radius 3 is 2.73 bits per heavy atom. The van der Waals surface area contributed by atoms with Gasteiger partial charge in [-0.1, -0.05) is 39.7 Å². The van der Waals surface area contributed by atoms with Gasteiger partial charge in [0.05, 0.1) is 5.02 Å². The number of ether oxygens (including phenoxy) is 2. The van der Waals surface area contributed by atoms with Crippen LogP contribution in [0.3, 0.4) is 0 Å². The SMILES string of the molecule is COC1C(Br)CC1Oc1ccccc1Cl. The van der Waals surface area contributed by atoms with Crippen LogP contribution in [0.25, 0.3) is 0 Å². The first kappa shape index (κ1) is 11.2. The maximum absolute atomic E-state index is 6.00. The van der Waals surface area contributed by atoms with Gasteiger partial charge in [-0.05, 0) is 12.1 Å². The van der Waals surface area contributed by atoms with Gasteiger partial charge in [-0.25, -0.2) is 0 Å². The van der Waals surface area contributed by atoms with Crippen molar-refractivity contribution in [2.45, 2.75) is 23.5 Å². The fourth-order valence-electron chi connectivity index (χ4n) is 1.65. The van der Waals surface area contributed by atoms with Crippen molar-refractivity contribution >= 4 is 27.5 Å². The van der Waals surface area contributed by atoms with Crippen molar-refractivity contribution in [1.82, 2.24) is 0 Å². The first-order valence-electron chi connectivity index (χ1n) is 4.80. The van der Waals surface area contributed by atoms with Crippen molar-refractivity contribution in [1.29, 1.82) is 0 Å². The van der Waals surface area contributed by atoms with Gasteiger partial charge in [-0.2, -0.15) is 0 Å². The van der Waals surface area contributed by atoms with Gasteiger partial charge in [0, 0.05) is 18.4 Å². The molecule has 0 aliphatic heterocycles. The molecule has 0 bridgehead atoms. The number of para-hydroxylation sites is 1. The number of hydrogen-bond donors (Lipinski definition) is 0. The van der Waals surface area contributed by atoms with E-state index in [0.29, 0.717) is 9.85 Å². The van der Waals surface area contributed by atoms with E-state index in [1.807, 2.05) is 24.3 Å². The van der Waals surface area contributed by atoms with Crippen LogP contribution in [0.1, 0.15) is 6.42 Å². The average molecular weight is 292 g/mol. The van der Waals surface area contributed by atoms with Crippen LogP contribution in [-0.4, -0.2) is 24.1 Å². The van der Waals surface area contributed by atoms with Crippen LogP contribution in [0.15, 0.2) is 24.3 Å². The molecule has 82 valence electrons. The fourth-order valence-corrected chi connectivity index (χ4v) is 2.75. The van der Waals surface area contributed by atoms with E-state index in [9.17, 15) is 0 Å². The van der Waals surface area contributed by atoms with Gasteiger partial charge >= 0.3 is 0 Å². The van der Waals surface area contributed by atoms with Crippen molar-refractivity contribution < 1.29 is 9.47 Å². The summed E-state index contributed by atoms with van der Waals surface area (Å²) in [5.41, 5.74) is 0. The van der Waals surface area contributed by atoms with E-state index in [1.165, 1.54) is 0 Å². The van der Waals surface area contributed by atoms with E-state index in [4.69, 9.17) is 21.1 Å². The number of methoxy groups -OCH3 is 1. The molecule has 3 unspecified atom stereocenters. The molecule has 0 amide bonds. The van der Waals surface area contributed by atoms with E-state index in [1.54, 1.807) is 7.11 Å². The number of benzene rings is 1. The standard InChI is InChI=1S/C11H12BrClO2/c1-14-11-7(12)6-10(11)15-9-5-3-2-4-8(9)13/h2-5,7,10-11H,6H2,1H3. The summed E-state index contributed by atoms with van der Waals surface area (Å²) < 4.78 is 11.1. The minimum absolute atomic E-state index is 0.0966. The first-order valence-corrected chi connectivity index (χ1v) is 6.10. The molecule has 0 heterocycles. The lowest BCUT2D eigenvalue weighted by Crippen LogP contribution is -2.51. The highest BCUT2D eigenvalue weighted by Gasteiger charge is 2.41. The molecule has 4 heteroatoms. The molecule has 1 aliphatic carbocycles. The zero-order valence-electron chi connectivity index (χ0n) is 8.32. The van der Waals surface area contributed by atoms with Crippen LogP contribution in [0, 0.1) is 0 Å². The summed E-state index contributed by atoms with van der Waals surface area (Å²) in [6.07, 6.45) is 1.16. The molecule has 1 aliphatic rings. The molecule has 0 aromatic heterocycles. The Balaban J connectivity index is 2.01. The summed E-state index contributed by atoms with van der Waals surface area (Å²) in [5.74, 6) is 0.727. The zero-order valence-corrected chi connectivity index (χ0v) is 10.7. The molecule has 1 fully saturated rings. The second kappa shape index (κ2) is 4.73. The third-order valence-corrected chi connectivity index (χ3v) is 3.77. The third kappa shape index (κ3) is 2.30. The monoisotopic (exact) mass is 290 g/mol. The molecular weight excluding hydrogens is 279 g/mol. The Labute approximate surface area is 103 Å². The lowest BCUT2D eigenvalue weighted by molar-refractivity contribution is -0.0544. The highest BCUT2D eigenvalue weighted by Crippen LogP contribution is 2.35. The highest BCUT2D eigenvalue weighted by molar-refractivity contribution is 9.09. The summed E-state index contributed by atoms with van der Waals surface area (Å²) in [6, 6.07) is 7.49. The molecule has 15 heavy (non-hydrogen) atoms. The van der Waals surface area contributed by atoms with Gasteiger partial charge in [0.2, 0.25) is 0 Å². The lowest BCUT2D eigenvalue weighted by atomic mass is 9.91. The summed E-state index contributed by atoms with van der Waals surface area (Å²) in [5, 5.41) is 0.644. The minimum atomic E-state index is 0.0966. The molecule has 0 N–H and O–H groups in total. The smallest absolute Gasteiger partial charge is 0.138 e. The summed E-state index contributed by atoms with van der Waals surface area (Å²) in [4.78, 5) is 0.384. The van der Waals surface area contributed by atoms with Gasteiger partial charge in [0.1, 0.15) is 18.0 Å². The Bertz CT molecular complexity index is 345. The number of halogens is 2. The average Bonchev–Trinajstić information content (AvgIpc) is 2.20. The second-order valence-corrected chi connectivity index (χ2v) is 5.12. The molecule has 1 aromatic carbocycles. The van der Waals surface area contributed by atoms with E-state index >= 15 is 0 Å². The van der Waals surface area contributed by atoms with E-state index in [-0.39, 0.29) is 12.2 Å². The molecule has 0 saturated heterocycles. The zero-order chi connectivity index (χ0) is 10.8. The van der Waals surface area contributed by atoms with Gasteiger partial charge in [-0.3, -0.25) is 0 Å². The molecule has 2 nitrogen and oxygen atoms in total. The summed E-state index contributed by atoms with van der Waals surface area (Å²) >= 11 is 9.52. The second-order valence-electron chi connectivity index (χ2n) is 3.54. The van der Waals surface area contributed by atoms with Gasteiger partial charge in [0.25, 0.3) is 0 Å². The van der Waals surface area contributed by atoms with Crippen molar-refractivity contribution in [3.8, 4) is 5.75 Å². The van der Waals surface area contributed by atoms with Gasteiger partial charge in [-0.15, -0.1) is 0 Å². The lowest BCUT2D eigenvalue weighted by Gasteiger charge is -2.40. The van der Waals surface area contributed by atoms with Crippen molar-refractivity contribution in [3.63, 3.8) is 0 Å². The number of rotatable bonds is 3. The Kier molecular flexibility index (Phi) is 3.54. The highest BCUT2D eigenvalue weighted by atomic mass is 79.9. The third-order valence-electron chi connectivity index (χ3n) is 2.57. The largest absolute Gasteiger partial charge is 0.486 e. The molecule has 0 radical (unpaired) electrons. The topological polar surface area (TPSA) is 18.5 Å².